The Balaban J connectivity index is 2.06. The van der Waals surface area contributed by atoms with Crippen molar-refractivity contribution in [2.24, 2.45) is 5.73 Å². The van der Waals surface area contributed by atoms with Crippen LogP contribution in [0.3, 0.4) is 0 Å². The van der Waals surface area contributed by atoms with E-state index in [1.165, 1.54) is 25.7 Å². The Morgan fingerprint density at radius 1 is 1.26 bits per heavy atom. The monoisotopic (exact) mass is 270 g/mol. The number of nitrogens with two attached hydrogens (primary N) is 1. The average molecular weight is 270 g/mol. The molecule has 4 nitrogen and oxygen atoms in total. The van der Waals surface area contributed by atoms with Gasteiger partial charge in [0, 0.05) is 19.3 Å². The zero-order valence-electron chi connectivity index (χ0n) is 12.5. The van der Waals surface area contributed by atoms with Crippen molar-refractivity contribution in [2.45, 2.75) is 76.8 Å². The van der Waals surface area contributed by atoms with E-state index in [2.05, 4.69) is 12.2 Å². The Morgan fingerprint density at radius 2 is 1.95 bits per heavy atom. The summed E-state index contributed by atoms with van der Waals surface area (Å²) in [5.74, 6) is -0.272. The van der Waals surface area contributed by atoms with Crippen LogP contribution in [-0.2, 0) is 9.53 Å². The van der Waals surface area contributed by atoms with Gasteiger partial charge in [0.25, 0.3) is 0 Å². The molecule has 0 heterocycles. The van der Waals surface area contributed by atoms with Gasteiger partial charge in [0.2, 0.25) is 5.91 Å². The summed E-state index contributed by atoms with van der Waals surface area (Å²) in [5.41, 5.74) is 4.88. The lowest BCUT2D eigenvalue weighted by Gasteiger charge is -2.27. The first-order valence-corrected chi connectivity index (χ1v) is 7.74. The third-order valence-corrected chi connectivity index (χ3v) is 3.78. The van der Waals surface area contributed by atoms with Crippen molar-refractivity contribution in [3.63, 3.8) is 0 Å². The number of amides is 1. The number of carbonyl (C=O) groups is 1. The number of nitrogens with one attached hydrogen (secondary N) is 1. The summed E-state index contributed by atoms with van der Waals surface area (Å²) in [4.78, 5) is 11.5. The molecule has 1 rings (SSSR count). The largest absolute Gasteiger partial charge is 0.381 e. The number of primary amides is 1. The van der Waals surface area contributed by atoms with Crippen LogP contribution in [0.5, 0.6) is 0 Å². The zero-order chi connectivity index (χ0) is 14.1. The lowest BCUT2D eigenvalue weighted by molar-refractivity contribution is -0.124. The summed E-state index contributed by atoms with van der Waals surface area (Å²) < 4.78 is 5.61. The number of carbonyl (C=O) groups excluding carboxylic acids is 1. The molecule has 0 aliphatic heterocycles. The molecule has 1 atom stereocenters. The quantitative estimate of drug-likeness (QED) is 0.535. The fourth-order valence-corrected chi connectivity index (χ4v) is 2.13. The molecule has 19 heavy (non-hydrogen) atoms. The van der Waals surface area contributed by atoms with Crippen molar-refractivity contribution in [3.8, 4) is 0 Å². The second-order valence-electron chi connectivity index (χ2n) is 5.89. The van der Waals surface area contributed by atoms with Gasteiger partial charge in [0.1, 0.15) is 0 Å². The van der Waals surface area contributed by atoms with E-state index in [0.717, 1.165) is 25.9 Å². The summed E-state index contributed by atoms with van der Waals surface area (Å²) in [7, 11) is 0. The van der Waals surface area contributed by atoms with Crippen molar-refractivity contribution in [2.75, 3.05) is 13.2 Å². The topological polar surface area (TPSA) is 64.3 Å². The van der Waals surface area contributed by atoms with Crippen molar-refractivity contribution >= 4 is 5.91 Å². The molecule has 0 aromatic rings. The third-order valence-electron chi connectivity index (χ3n) is 3.78. The number of rotatable bonds is 12. The molecular formula is C15H30N2O2. The van der Waals surface area contributed by atoms with Crippen LogP contribution in [0.15, 0.2) is 0 Å². The Bertz CT molecular complexity index is 267. The van der Waals surface area contributed by atoms with Gasteiger partial charge >= 0.3 is 0 Å². The summed E-state index contributed by atoms with van der Waals surface area (Å²) in [5, 5.41) is 3.33. The molecule has 1 amide bonds. The van der Waals surface area contributed by atoms with Gasteiger partial charge in [-0.05, 0) is 32.6 Å². The average Bonchev–Trinajstić information content (AvgIpc) is 3.16. The maximum absolute atomic E-state index is 11.5. The maximum Gasteiger partial charge on any atom is 0.237 e. The Labute approximate surface area is 117 Å². The van der Waals surface area contributed by atoms with Crippen LogP contribution < -0.4 is 11.1 Å². The van der Waals surface area contributed by atoms with Crippen molar-refractivity contribution in [1.29, 1.82) is 0 Å². The predicted octanol–water partition coefficient (Wildman–Crippen LogP) is 2.36. The Morgan fingerprint density at radius 3 is 2.53 bits per heavy atom. The minimum atomic E-state index is -0.608. The van der Waals surface area contributed by atoms with E-state index < -0.39 is 5.54 Å². The highest BCUT2D eigenvalue weighted by Gasteiger charge is 2.36. The molecular weight excluding hydrogens is 240 g/mol. The zero-order valence-corrected chi connectivity index (χ0v) is 12.5. The molecule has 0 spiro atoms. The molecule has 0 saturated heterocycles. The van der Waals surface area contributed by atoms with Gasteiger partial charge in [0.05, 0.1) is 5.54 Å². The molecule has 1 saturated carbocycles. The molecule has 0 aromatic carbocycles. The van der Waals surface area contributed by atoms with E-state index in [1.807, 2.05) is 6.92 Å². The smallest absolute Gasteiger partial charge is 0.237 e. The lowest BCUT2D eigenvalue weighted by atomic mass is 9.97. The molecule has 3 N–H and O–H groups in total. The van der Waals surface area contributed by atoms with Crippen LogP contribution in [0, 0.1) is 0 Å². The minimum Gasteiger partial charge on any atom is -0.381 e. The maximum atomic E-state index is 11.5. The van der Waals surface area contributed by atoms with Crippen LogP contribution in [0.4, 0.5) is 0 Å². The van der Waals surface area contributed by atoms with Gasteiger partial charge < -0.3 is 15.8 Å². The summed E-state index contributed by atoms with van der Waals surface area (Å²) in [6, 6.07) is 0.478. The number of unbranched alkanes of at least 4 members (excludes halogenated alkanes) is 4. The van der Waals surface area contributed by atoms with Gasteiger partial charge in [-0.25, -0.2) is 0 Å². The fourth-order valence-electron chi connectivity index (χ4n) is 2.13. The predicted molar refractivity (Wildman–Crippen MR) is 78.0 cm³/mol. The van der Waals surface area contributed by atoms with Gasteiger partial charge in [0.15, 0.2) is 0 Å². The standard InChI is InChI=1S/C15H30N2O2/c1-3-4-5-6-7-11-19-12-10-15(2,14(16)18)17-13-8-9-13/h13,17H,3-12H2,1-2H3,(H2,16,18). The van der Waals surface area contributed by atoms with Crippen LogP contribution in [0.1, 0.15) is 65.2 Å². The SMILES string of the molecule is CCCCCCCOCCC(C)(NC1CC1)C(N)=O. The molecule has 1 unspecified atom stereocenters. The van der Waals surface area contributed by atoms with Gasteiger partial charge in [-0.3, -0.25) is 4.79 Å². The molecule has 112 valence electrons. The molecule has 1 fully saturated rings. The summed E-state index contributed by atoms with van der Waals surface area (Å²) >= 11 is 0. The van der Waals surface area contributed by atoms with Crippen LogP contribution in [0.2, 0.25) is 0 Å². The van der Waals surface area contributed by atoms with Crippen LogP contribution >= 0.6 is 0 Å². The third kappa shape index (κ3) is 6.92. The highest BCUT2D eigenvalue weighted by atomic mass is 16.5. The summed E-state index contributed by atoms with van der Waals surface area (Å²) in [6.45, 7) is 5.50. The fraction of sp³-hybridized carbons (Fsp3) is 0.933. The van der Waals surface area contributed by atoms with Gasteiger partial charge in [-0.1, -0.05) is 32.6 Å². The van der Waals surface area contributed by atoms with E-state index in [9.17, 15) is 4.79 Å². The summed E-state index contributed by atoms with van der Waals surface area (Å²) in [6.07, 6.45) is 9.19. The normalized spacial score (nSPS) is 18.2. The second-order valence-corrected chi connectivity index (χ2v) is 5.89. The van der Waals surface area contributed by atoms with Crippen LogP contribution in [-0.4, -0.2) is 30.7 Å². The lowest BCUT2D eigenvalue weighted by Crippen LogP contribution is -2.54. The number of hydrogen-bond donors (Lipinski definition) is 2. The van der Waals surface area contributed by atoms with Crippen molar-refractivity contribution < 1.29 is 9.53 Å². The number of ether oxygens (including phenoxy) is 1. The first-order valence-electron chi connectivity index (χ1n) is 7.74. The van der Waals surface area contributed by atoms with Crippen molar-refractivity contribution in [1.82, 2.24) is 5.32 Å². The highest BCUT2D eigenvalue weighted by molar-refractivity contribution is 5.84. The Hall–Kier alpha value is -0.610. The molecule has 1 aliphatic carbocycles. The van der Waals surface area contributed by atoms with Gasteiger partial charge in [-0.2, -0.15) is 0 Å². The molecule has 0 aromatic heterocycles. The minimum absolute atomic E-state index is 0.272. The molecule has 0 bridgehead atoms. The Kier molecular flexibility index (Phi) is 7.39. The van der Waals surface area contributed by atoms with E-state index in [0.29, 0.717) is 19.1 Å². The van der Waals surface area contributed by atoms with E-state index >= 15 is 0 Å². The van der Waals surface area contributed by atoms with Crippen molar-refractivity contribution in [3.05, 3.63) is 0 Å². The first-order chi connectivity index (χ1) is 9.08. The highest BCUT2D eigenvalue weighted by Crippen LogP contribution is 2.24. The molecule has 0 radical (unpaired) electrons. The molecule has 1 aliphatic rings. The second kappa shape index (κ2) is 8.54. The first kappa shape index (κ1) is 16.4. The van der Waals surface area contributed by atoms with Gasteiger partial charge in [-0.15, -0.1) is 0 Å². The number of hydrogen-bond acceptors (Lipinski definition) is 3. The van der Waals surface area contributed by atoms with E-state index in [1.54, 1.807) is 0 Å². The molecule has 4 heteroatoms. The van der Waals surface area contributed by atoms with E-state index in [4.69, 9.17) is 10.5 Å². The van der Waals surface area contributed by atoms with Crippen LogP contribution in [0.25, 0.3) is 0 Å². The van der Waals surface area contributed by atoms with E-state index in [-0.39, 0.29) is 5.91 Å².